The van der Waals surface area contributed by atoms with Crippen LogP contribution in [0, 0.1) is 11.8 Å². The van der Waals surface area contributed by atoms with Crippen LogP contribution in [-0.4, -0.2) is 38.4 Å². The van der Waals surface area contributed by atoms with Gasteiger partial charge in [-0.1, -0.05) is 48.5 Å². The predicted octanol–water partition coefficient (Wildman–Crippen LogP) is 6.11. The Hall–Kier alpha value is -3.86. The van der Waals surface area contributed by atoms with Gasteiger partial charge in [-0.15, -0.1) is 0 Å². The molecule has 1 N–H and O–H groups in total. The fraction of sp³-hybridized carbons (Fsp3) is 0.267. The first-order valence-corrected chi connectivity index (χ1v) is 12.6. The van der Waals surface area contributed by atoms with Crippen molar-refractivity contribution in [2.45, 2.75) is 25.8 Å². The van der Waals surface area contributed by atoms with Crippen LogP contribution in [0.2, 0.25) is 0 Å². The summed E-state index contributed by atoms with van der Waals surface area (Å²) in [5.41, 5.74) is 6.85. The average Bonchev–Trinajstić information content (AvgIpc) is 3.30. The van der Waals surface area contributed by atoms with Crippen molar-refractivity contribution >= 4 is 27.8 Å². The van der Waals surface area contributed by atoms with Gasteiger partial charge in [-0.3, -0.25) is 4.79 Å². The van der Waals surface area contributed by atoms with Crippen molar-refractivity contribution in [1.82, 2.24) is 19.4 Å². The number of aromatic nitrogens is 3. The highest BCUT2D eigenvalue weighted by Crippen LogP contribution is 2.34. The summed E-state index contributed by atoms with van der Waals surface area (Å²) in [5.74, 6) is 2.14. The molecule has 1 saturated heterocycles. The second-order valence-corrected chi connectivity index (χ2v) is 10.1. The zero-order valence-corrected chi connectivity index (χ0v) is 19.7. The first-order valence-electron chi connectivity index (χ1n) is 12.6. The molecule has 2 aromatic heterocycles. The molecule has 1 saturated carbocycles. The minimum Gasteiger partial charge on any atom is -0.361 e. The molecule has 0 bridgehead atoms. The maximum Gasteiger partial charge on any atom is 0.225 e. The predicted molar refractivity (Wildman–Crippen MR) is 140 cm³/mol. The van der Waals surface area contributed by atoms with Crippen molar-refractivity contribution in [3.05, 3.63) is 79.0 Å². The molecule has 0 radical (unpaired) electrons. The van der Waals surface area contributed by atoms with E-state index in [0.717, 1.165) is 66.8 Å². The van der Waals surface area contributed by atoms with Crippen molar-refractivity contribution in [2.24, 2.45) is 11.8 Å². The third-order valence-electron chi connectivity index (χ3n) is 7.65. The number of aromatic amines is 1. The minimum absolute atomic E-state index is 0.301. The molecule has 2 fully saturated rings. The standard InChI is InChI=1S/C30H28N4O/c35-30(24-10-11-24)33-16-14-20(18-33)19-34-28-4-2-1-3-26(28)32-29(34)23-8-5-21(6-9-23)25-12-7-22-13-15-31-27(22)17-25/h1-9,12-13,15,17,20,24,31H,10-11,14,16,18-19H2/t20-/m1/s1. The molecule has 5 aromatic rings. The summed E-state index contributed by atoms with van der Waals surface area (Å²) in [4.78, 5) is 23.0. The van der Waals surface area contributed by atoms with Crippen molar-refractivity contribution in [2.75, 3.05) is 13.1 Å². The monoisotopic (exact) mass is 460 g/mol. The first kappa shape index (κ1) is 20.5. The smallest absolute Gasteiger partial charge is 0.225 e. The molecule has 174 valence electrons. The molecule has 5 nitrogen and oxygen atoms in total. The SMILES string of the molecule is O=C(C1CC1)N1CC[C@@H](Cn2c(-c3ccc(-c4ccc5cc[nH]c5c4)cc3)nc3ccccc32)C1. The van der Waals surface area contributed by atoms with Gasteiger partial charge in [0.1, 0.15) is 5.82 Å². The van der Waals surface area contributed by atoms with Gasteiger partial charge in [-0.05, 0) is 66.0 Å². The van der Waals surface area contributed by atoms with Crippen molar-refractivity contribution in [3.63, 3.8) is 0 Å². The lowest BCUT2D eigenvalue weighted by atomic mass is 10.0. The molecule has 0 spiro atoms. The first-order chi connectivity index (χ1) is 17.2. The van der Waals surface area contributed by atoms with Gasteiger partial charge in [0.2, 0.25) is 5.91 Å². The summed E-state index contributed by atoms with van der Waals surface area (Å²) < 4.78 is 2.37. The van der Waals surface area contributed by atoms with Crippen LogP contribution >= 0.6 is 0 Å². The Bertz CT molecular complexity index is 1540. The van der Waals surface area contributed by atoms with Crippen LogP contribution < -0.4 is 0 Å². The number of H-pyrrole nitrogens is 1. The number of rotatable bonds is 5. The number of nitrogens with one attached hydrogen (secondary N) is 1. The van der Waals surface area contributed by atoms with Crippen LogP contribution in [0.25, 0.3) is 44.5 Å². The summed E-state index contributed by atoms with van der Waals surface area (Å²) >= 11 is 0. The lowest BCUT2D eigenvalue weighted by Gasteiger charge is -2.18. The fourth-order valence-corrected chi connectivity index (χ4v) is 5.55. The van der Waals surface area contributed by atoms with E-state index in [1.54, 1.807) is 0 Å². The van der Waals surface area contributed by atoms with Gasteiger partial charge >= 0.3 is 0 Å². The number of hydrogen-bond donors (Lipinski definition) is 1. The molecule has 0 unspecified atom stereocenters. The number of carbonyl (C=O) groups excluding carboxylic acids is 1. The largest absolute Gasteiger partial charge is 0.361 e. The molecule has 7 rings (SSSR count). The Balaban J connectivity index is 1.19. The molecule has 3 heterocycles. The number of likely N-dealkylation sites (tertiary alicyclic amines) is 1. The summed E-state index contributed by atoms with van der Waals surface area (Å²) in [7, 11) is 0. The number of imidazole rings is 1. The molecule has 1 aliphatic heterocycles. The van der Waals surface area contributed by atoms with Gasteiger partial charge in [0.15, 0.2) is 0 Å². The number of carbonyl (C=O) groups is 1. The van der Waals surface area contributed by atoms with Crippen LogP contribution in [-0.2, 0) is 11.3 Å². The maximum absolute atomic E-state index is 12.6. The van der Waals surface area contributed by atoms with E-state index in [-0.39, 0.29) is 0 Å². The van der Waals surface area contributed by atoms with Crippen LogP contribution in [0.4, 0.5) is 0 Å². The number of para-hydroxylation sites is 2. The molecule has 1 atom stereocenters. The third kappa shape index (κ3) is 3.72. The molecule has 35 heavy (non-hydrogen) atoms. The summed E-state index contributed by atoms with van der Waals surface area (Å²) in [6.45, 7) is 2.64. The quantitative estimate of drug-likeness (QED) is 0.344. The number of fused-ring (bicyclic) bond motifs is 2. The van der Waals surface area contributed by atoms with E-state index in [2.05, 4.69) is 87.2 Å². The van der Waals surface area contributed by atoms with Crippen LogP contribution in [0.15, 0.2) is 79.0 Å². The molecule has 5 heteroatoms. The molecule has 1 aliphatic carbocycles. The molecule has 2 aliphatic rings. The number of nitrogens with zero attached hydrogens (tertiary/aromatic N) is 3. The van der Waals surface area contributed by atoms with Crippen LogP contribution in [0.1, 0.15) is 19.3 Å². The number of benzene rings is 3. The normalized spacial score (nSPS) is 18.1. The molecular weight excluding hydrogens is 432 g/mol. The summed E-state index contributed by atoms with van der Waals surface area (Å²) in [6, 6.07) is 25.8. The number of hydrogen-bond acceptors (Lipinski definition) is 2. The highest BCUT2D eigenvalue weighted by molar-refractivity contribution is 5.86. The van der Waals surface area contributed by atoms with E-state index in [1.807, 2.05) is 6.20 Å². The Morgan fingerprint density at radius 2 is 1.71 bits per heavy atom. The lowest BCUT2D eigenvalue weighted by molar-refractivity contribution is -0.131. The van der Waals surface area contributed by atoms with Gasteiger partial charge in [0, 0.05) is 42.8 Å². The lowest BCUT2D eigenvalue weighted by Crippen LogP contribution is -2.30. The molecular formula is C30H28N4O. The maximum atomic E-state index is 12.6. The summed E-state index contributed by atoms with van der Waals surface area (Å²) in [6.07, 6.45) is 5.19. The van der Waals surface area contributed by atoms with Crippen molar-refractivity contribution in [3.8, 4) is 22.5 Å². The third-order valence-corrected chi connectivity index (χ3v) is 7.65. The van der Waals surface area contributed by atoms with E-state index < -0.39 is 0 Å². The van der Waals surface area contributed by atoms with Gasteiger partial charge in [-0.2, -0.15) is 0 Å². The van der Waals surface area contributed by atoms with Crippen LogP contribution in [0.3, 0.4) is 0 Å². The molecule has 1 amide bonds. The molecule has 3 aromatic carbocycles. The summed E-state index contributed by atoms with van der Waals surface area (Å²) in [5, 5.41) is 1.23. The van der Waals surface area contributed by atoms with Crippen molar-refractivity contribution in [1.29, 1.82) is 0 Å². The Labute approximate surface area is 204 Å². The van der Waals surface area contributed by atoms with E-state index in [1.165, 1.54) is 16.5 Å². The average molecular weight is 461 g/mol. The highest BCUT2D eigenvalue weighted by Gasteiger charge is 2.36. The van der Waals surface area contributed by atoms with E-state index in [0.29, 0.717) is 17.7 Å². The van der Waals surface area contributed by atoms with Gasteiger partial charge in [0.05, 0.1) is 11.0 Å². The Morgan fingerprint density at radius 3 is 2.57 bits per heavy atom. The minimum atomic E-state index is 0.301. The van der Waals surface area contributed by atoms with Crippen LogP contribution in [0.5, 0.6) is 0 Å². The van der Waals surface area contributed by atoms with Crippen molar-refractivity contribution < 1.29 is 4.79 Å². The van der Waals surface area contributed by atoms with E-state index in [9.17, 15) is 4.79 Å². The number of amides is 1. The zero-order valence-electron chi connectivity index (χ0n) is 19.7. The van der Waals surface area contributed by atoms with E-state index >= 15 is 0 Å². The second-order valence-electron chi connectivity index (χ2n) is 10.1. The van der Waals surface area contributed by atoms with E-state index in [4.69, 9.17) is 4.98 Å². The Morgan fingerprint density at radius 1 is 0.914 bits per heavy atom. The fourth-order valence-electron chi connectivity index (χ4n) is 5.55. The van der Waals surface area contributed by atoms with Gasteiger partial charge < -0.3 is 14.5 Å². The van der Waals surface area contributed by atoms with Gasteiger partial charge in [0.25, 0.3) is 0 Å². The zero-order chi connectivity index (χ0) is 23.4. The van der Waals surface area contributed by atoms with Gasteiger partial charge in [-0.25, -0.2) is 4.98 Å². The second kappa shape index (κ2) is 8.12. The highest BCUT2D eigenvalue weighted by atomic mass is 16.2. The Kier molecular flexibility index (Phi) is 4.76. The topological polar surface area (TPSA) is 53.9 Å².